The van der Waals surface area contributed by atoms with Crippen LogP contribution in [0.5, 0.6) is 5.75 Å². The van der Waals surface area contributed by atoms with E-state index in [9.17, 15) is 9.90 Å². The molecule has 1 saturated heterocycles. The molecule has 2 heterocycles. The summed E-state index contributed by atoms with van der Waals surface area (Å²) in [4.78, 5) is 18.7. The number of rotatable bonds is 7. The summed E-state index contributed by atoms with van der Waals surface area (Å²) < 4.78 is 5.49. The van der Waals surface area contributed by atoms with Crippen molar-refractivity contribution < 1.29 is 14.6 Å². The minimum atomic E-state index is -0.469. The first-order valence-electron chi connectivity index (χ1n) is 9.07. The van der Waals surface area contributed by atoms with Crippen molar-refractivity contribution in [1.82, 2.24) is 4.98 Å². The van der Waals surface area contributed by atoms with Crippen LogP contribution >= 0.6 is 0 Å². The highest BCUT2D eigenvalue weighted by atomic mass is 16.5. The van der Waals surface area contributed by atoms with Gasteiger partial charge in [0.05, 0.1) is 18.0 Å². The quantitative estimate of drug-likeness (QED) is 0.798. The highest BCUT2D eigenvalue weighted by Crippen LogP contribution is 2.20. The van der Waals surface area contributed by atoms with Crippen LogP contribution < -0.4 is 15.0 Å². The number of amides is 1. The molecule has 0 spiro atoms. The number of hydrogen-bond acceptors (Lipinski definition) is 5. The Bertz CT molecular complexity index is 710. The van der Waals surface area contributed by atoms with E-state index < -0.39 is 6.10 Å². The second-order valence-electron chi connectivity index (χ2n) is 6.43. The molecule has 0 aliphatic carbocycles. The van der Waals surface area contributed by atoms with Crippen molar-refractivity contribution in [3.63, 3.8) is 0 Å². The molecule has 1 atom stereocenters. The molecule has 1 unspecified atom stereocenters. The molecular formula is C20H25N3O3. The van der Waals surface area contributed by atoms with E-state index in [-0.39, 0.29) is 12.5 Å². The first-order valence-corrected chi connectivity index (χ1v) is 9.07. The van der Waals surface area contributed by atoms with Gasteiger partial charge in [0, 0.05) is 13.1 Å². The maximum absolute atomic E-state index is 12.0. The Morgan fingerprint density at radius 2 is 1.96 bits per heavy atom. The van der Waals surface area contributed by atoms with Crippen LogP contribution in [0.4, 0.5) is 11.5 Å². The normalized spacial score (nSPS) is 14.9. The molecule has 2 aromatic rings. The van der Waals surface area contributed by atoms with Crippen molar-refractivity contribution in [2.24, 2.45) is 0 Å². The lowest BCUT2D eigenvalue weighted by atomic mass is 10.1. The Morgan fingerprint density at radius 1 is 1.23 bits per heavy atom. The third kappa shape index (κ3) is 4.73. The Hall–Kier alpha value is -2.60. The second-order valence-corrected chi connectivity index (χ2v) is 6.43. The van der Waals surface area contributed by atoms with Crippen LogP contribution in [-0.4, -0.2) is 35.7 Å². The molecule has 26 heavy (non-hydrogen) atoms. The zero-order valence-electron chi connectivity index (χ0n) is 15.0. The summed E-state index contributed by atoms with van der Waals surface area (Å²) >= 11 is 0. The fourth-order valence-electron chi connectivity index (χ4n) is 2.96. The summed E-state index contributed by atoms with van der Waals surface area (Å²) in [6, 6.07) is 10.9. The molecule has 1 aromatic carbocycles. The summed E-state index contributed by atoms with van der Waals surface area (Å²) in [5, 5.41) is 12.6. The molecule has 1 aliphatic rings. The van der Waals surface area contributed by atoms with Gasteiger partial charge in [-0.05, 0) is 49.1 Å². The zero-order valence-corrected chi connectivity index (χ0v) is 15.0. The molecule has 6 nitrogen and oxygen atoms in total. The average molecular weight is 355 g/mol. The van der Waals surface area contributed by atoms with Gasteiger partial charge in [0.15, 0.2) is 6.61 Å². The van der Waals surface area contributed by atoms with E-state index in [0.717, 1.165) is 24.5 Å². The Morgan fingerprint density at radius 3 is 2.58 bits per heavy atom. The van der Waals surface area contributed by atoms with Gasteiger partial charge in [-0.1, -0.05) is 19.1 Å². The number of benzene rings is 1. The highest BCUT2D eigenvalue weighted by molar-refractivity contribution is 5.91. The van der Waals surface area contributed by atoms with Crippen molar-refractivity contribution >= 4 is 17.4 Å². The standard InChI is InChI=1S/C20H25N3O3/c1-2-18(24)15-5-8-17(9-6-15)26-14-20(25)22-16-7-10-19(21-13-16)23-11-3-4-12-23/h5-10,13,18,24H,2-4,11-12,14H2,1H3,(H,22,25). The molecule has 0 bridgehead atoms. The number of pyridine rings is 1. The van der Waals surface area contributed by atoms with E-state index >= 15 is 0 Å². The largest absolute Gasteiger partial charge is 0.484 e. The number of hydrogen-bond donors (Lipinski definition) is 2. The Labute approximate surface area is 153 Å². The van der Waals surface area contributed by atoms with Crippen LogP contribution in [0.3, 0.4) is 0 Å². The van der Waals surface area contributed by atoms with Crippen LogP contribution in [0.1, 0.15) is 37.9 Å². The average Bonchev–Trinajstić information content (AvgIpc) is 3.21. The summed E-state index contributed by atoms with van der Waals surface area (Å²) in [5.74, 6) is 1.30. The molecule has 1 aromatic heterocycles. The van der Waals surface area contributed by atoms with Gasteiger partial charge < -0.3 is 20.1 Å². The van der Waals surface area contributed by atoms with Gasteiger partial charge in [0.25, 0.3) is 5.91 Å². The third-order valence-electron chi connectivity index (χ3n) is 4.48. The van der Waals surface area contributed by atoms with E-state index in [2.05, 4.69) is 15.2 Å². The Balaban J connectivity index is 1.47. The smallest absolute Gasteiger partial charge is 0.262 e. The minimum absolute atomic E-state index is 0.0798. The number of ether oxygens (including phenoxy) is 1. The summed E-state index contributed by atoms with van der Waals surface area (Å²) in [6.45, 7) is 3.93. The van der Waals surface area contributed by atoms with E-state index in [4.69, 9.17) is 4.74 Å². The second kappa shape index (κ2) is 8.67. The van der Waals surface area contributed by atoms with Crippen molar-refractivity contribution in [3.05, 3.63) is 48.2 Å². The van der Waals surface area contributed by atoms with Gasteiger partial charge in [-0.3, -0.25) is 4.79 Å². The number of anilines is 2. The van der Waals surface area contributed by atoms with E-state index in [1.54, 1.807) is 18.3 Å². The number of aliphatic hydroxyl groups is 1. The lowest BCUT2D eigenvalue weighted by molar-refractivity contribution is -0.118. The number of carbonyl (C=O) groups is 1. The minimum Gasteiger partial charge on any atom is -0.484 e. The maximum Gasteiger partial charge on any atom is 0.262 e. The highest BCUT2D eigenvalue weighted by Gasteiger charge is 2.13. The van der Waals surface area contributed by atoms with Crippen LogP contribution in [0.15, 0.2) is 42.6 Å². The number of aromatic nitrogens is 1. The predicted octanol–water partition coefficient (Wildman–Crippen LogP) is 3.14. The van der Waals surface area contributed by atoms with Gasteiger partial charge in [-0.2, -0.15) is 0 Å². The summed E-state index contributed by atoms with van der Waals surface area (Å²) in [5.41, 5.74) is 1.50. The van der Waals surface area contributed by atoms with E-state index in [1.165, 1.54) is 12.8 Å². The van der Waals surface area contributed by atoms with Crippen molar-refractivity contribution in [2.45, 2.75) is 32.3 Å². The molecule has 1 amide bonds. The molecule has 6 heteroatoms. The molecular weight excluding hydrogens is 330 g/mol. The lowest BCUT2D eigenvalue weighted by Gasteiger charge is -2.16. The van der Waals surface area contributed by atoms with Gasteiger partial charge >= 0.3 is 0 Å². The maximum atomic E-state index is 12.0. The first-order chi connectivity index (χ1) is 12.7. The van der Waals surface area contributed by atoms with Gasteiger partial charge in [-0.25, -0.2) is 4.98 Å². The number of nitrogens with zero attached hydrogens (tertiary/aromatic N) is 2. The molecule has 3 rings (SSSR count). The molecule has 1 fully saturated rings. The van der Waals surface area contributed by atoms with E-state index in [0.29, 0.717) is 17.9 Å². The summed E-state index contributed by atoms with van der Waals surface area (Å²) in [6.07, 6.45) is 4.27. The molecule has 2 N–H and O–H groups in total. The lowest BCUT2D eigenvalue weighted by Crippen LogP contribution is -2.21. The number of carbonyl (C=O) groups excluding carboxylic acids is 1. The molecule has 138 valence electrons. The number of aliphatic hydroxyl groups excluding tert-OH is 1. The molecule has 0 saturated carbocycles. The van der Waals surface area contributed by atoms with Crippen LogP contribution in [0, 0.1) is 0 Å². The topological polar surface area (TPSA) is 74.7 Å². The Kier molecular flexibility index (Phi) is 6.07. The predicted molar refractivity (Wildman–Crippen MR) is 102 cm³/mol. The van der Waals surface area contributed by atoms with Gasteiger partial charge in [0.2, 0.25) is 0 Å². The third-order valence-corrected chi connectivity index (χ3v) is 4.48. The molecule has 1 aliphatic heterocycles. The van der Waals surface area contributed by atoms with E-state index in [1.807, 2.05) is 31.2 Å². The summed E-state index contributed by atoms with van der Waals surface area (Å²) in [7, 11) is 0. The first kappa shape index (κ1) is 18.2. The molecule has 0 radical (unpaired) electrons. The van der Waals surface area contributed by atoms with Crippen LogP contribution in [-0.2, 0) is 4.79 Å². The zero-order chi connectivity index (χ0) is 18.4. The number of nitrogens with one attached hydrogen (secondary N) is 1. The van der Waals surface area contributed by atoms with Gasteiger partial charge in [0.1, 0.15) is 11.6 Å². The van der Waals surface area contributed by atoms with Crippen LogP contribution in [0.25, 0.3) is 0 Å². The van der Waals surface area contributed by atoms with Crippen LogP contribution in [0.2, 0.25) is 0 Å². The van der Waals surface area contributed by atoms with Crippen molar-refractivity contribution in [3.8, 4) is 5.75 Å². The fraction of sp³-hybridized carbons (Fsp3) is 0.400. The van der Waals surface area contributed by atoms with Crippen molar-refractivity contribution in [2.75, 3.05) is 29.9 Å². The monoisotopic (exact) mass is 355 g/mol. The SMILES string of the molecule is CCC(O)c1ccc(OCC(=O)Nc2ccc(N3CCCC3)nc2)cc1. The van der Waals surface area contributed by atoms with Gasteiger partial charge in [-0.15, -0.1) is 0 Å². The fourth-order valence-corrected chi connectivity index (χ4v) is 2.96. The van der Waals surface area contributed by atoms with Crippen molar-refractivity contribution in [1.29, 1.82) is 0 Å².